The summed E-state index contributed by atoms with van der Waals surface area (Å²) in [7, 11) is 1.63. The van der Waals surface area contributed by atoms with Gasteiger partial charge in [-0.15, -0.1) is 0 Å². The van der Waals surface area contributed by atoms with Crippen molar-refractivity contribution in [3.63, 3.8) is 0 Å². The fourth-order valence-electron chi connectivity index (χ4n) is 6.91. The van der Waals surface area contributed by atoms with Gasteiger partial charge in [-0.05, 0) is 69.4 Å². The largest absolute Gasteiger partial charge is 0.493 e. The number of ether oxygens (including phenoxy) is 2. The van der Waals surface area contributed by atoms with Crippen molar-refractivity contribution in [3.05, 3.63) is 133 Å². The Morgan fingerprint density at radius 2 is 1.51 bits per heavy atom. The highest BCUT2D eigenvalue weighted by Gasteiger charge is 2.31. The Hall–Kier alpha value is -5.50. The first-order valence-electron chi connectivity index (χ1n) is 16.9. The minimum atomic E-state index is -0.125. The molecule has 2 aliphatic heterocycles. The van der Waals surface area contributed by atoms with Crippen molar-refractivity contribution < 1.29 is 14.3 Å². The summed E-state index contributed by atoms with van der Waals surface area (Å²) in [5.41, 5.74) is 8.33. The van der Waals surface area contributed by atoms with Crippen molar-refractivity contribution in [1.29, 1.82) is 0 Å². The van der Waals surface area contributed by atoms with Crippen LogP contribution in [0.15, 0.2) is 121 Å². The summed E-state index contributed by atoms with van der Waals surface area (Å²) >= 11 is 0. The molecule has 7 nitrogen and oxygen atoms in total. The summed E-state index contributed by atoms with van der Waals surface area (Å²) in [6.45, 7) is 5.94. The molecule has 1 aromatic heterocycles. The molecule has 49 heavy (non-hydrogen) atoms. The van der Waals surface area contributed by atoms with Crippen molar-refractivity contribution in [2.45, 2.75) is 6.54 Å². The highest BCUT2D eigenvalue weighted by molar-refractivity contribution is 6.09. The van der Waals surface area contributed by atoms with E-state index < -0.39 is 0 Å². The fourth-order valence-corrected chi connectivity index (χ4v) is 6.91. The number of methoxy groups -OCH3 is 1. The van der Waals surface area contributed by atoms with E-state index >= 15 is 0 Å². The molecule has 1 saturated heterocycles. The molecule has 5 aromatic carbocycles. The molecule has 0 bridgehead atoms. The number of benzene rings is 5. The number of carbonyl (C=O) groups excluding carboxylic acids is 1. The molecule has 8 rings (SSSR count). The third kappa shape index (κ3) is 6.26. The summed E-state index contributed by atoms with van der Waals surface area (Å²) in [5.74, 6) is 1.15. The Labute approximate surface area is 286 Å². The number of amides is 1. The quantitative estimate of drug-likeness (QED) is 0.174. The number of anilines is 1. The SMILES string of the molecule is COc1cc(N2Cc3ccc(-c4cc(-c5ccccc5)cc(-c5cccc6ccccc56)c4)nc3C2=O)ccc1OCCN1CCNCC1. The molecule has 6 aromatic rings. The molecular weight excluding hydrogens is 608 g/mol. The van der Waals surface area contributed by atoms with Gasteiger partial charge in [0.1, 0.15) is 12.3 Å². The summed E-state index contributed by atoms with van der Waals surface area (Å²) in [6, 6.07) is 41.6. The number of piperazine rings is 1. The predicted octanol–water partition coefficient (Wildman–Crippen LogP) is 7.69. The second kappa shape index (κ2) is 13.5. The lowest BCUT2D eigenvalue weighted by Gasteiger charge is -2.27. The normalized spacial score (nSPS) is 14.6. The van der Waals surface area contributed by atoms with Gasteiger partial charge in [0.15, 0.2) is 11.5 Å². The van der Waals surface area contributed by atoms with E-state index in [1.165, 1.54) is 10.8 Å². The Morgan fingerprint density at radius 3 is 2.37 bits per heavy atom. The number of carbonyl (C=O) groups is 1. The van der Waals surface area contributed by atoms with Crippen LogP contribution in [0.3, 0.4) is 0 Å². The van der Waals surface area contributed by atoms with Crippen LogP contribution in [0.4, 0.5) is 5.69 Å². The van der Waals surface area contributed by atoms with Crippen molar-refractivity contribution >= 4 is 22.4 Å². The monoisotopic (exact) mass is 646 g/mol. The van der Waals surface area contributed by atoms with Crippen molar-refractivity contribution in [3.8, 4) is 45.0 Å². The van der Waals surface area contributed by atoms with Crippen LogP contribution in [0.25, 0.3) is 44.3 Å². The maximum atomic E-state index is 13.9. The number of nitrogens with zero attached hydrogens (tertiary/aromatic N) is 3. The minimum Gasteiger partial charge on any atom is -0.493 e. The third-order valence-electron chi connectivity index (χ3n) is 9.53. The van der Waals surface area contributed by atoms with Gasteiger partial charge >= 0.3 is 0 Å². The van der Waals surface area contributed by atoms with Crippen LogP contribution >= 0.6 is 0 Å². The van der Waals surface area contributed by atoms with Gasteiger partial charge in [-0.25, -0.2) is 4.98 Å². The molecule has 1 N–H and O–H groups in total. The number of fused-ring (bicyclic) bond motifs is 2. The first-order chi connectivity index (χ1) is 24.1. The van der Waals surface area contributed by atoms with Crippen LogP contribution in [0.5, 0.6) is 11.5 Å². The fraction of sp³-hybridized carbons (Fsp3) is 0.190. The maximum Gasteiger partial charge on any atom is 0.277 e. The van der Waals surface area contributed by atoms with Gasteiger partial charge < -0.3 is 19.7 Å². The third-order valence-corrected chi connectivity index (χ3v) is 9.53. The maximum absolute atomic E-state index is 13.9. The number of nitrogens with one attached hydrogen (secondary N) is 1. The van der Waals surface area contributed by atoms with E-state index in [1.54, 1.807) is 12.0 Å². The van der Waals surface area contributed by atoms with Crippen LogP contribution in [0.2, 0.25) is 0 Å². The molecule has 0 spiro atoms. The van der Waals surface area contributed by atoms with Gasteiger partial charge in [-0.3, -0.25) is 9.69 Å². The van der Waals surface area contributed by atoms with E-state index in [-0.39, 0.29) is 5.91 Å². The highest BCUT2D eigenvalue weighted by Crippen LogP contribution is 2.38. The van der Waals surface area contributed by atoms with Crippen LogP contribution in [-0.4, -0.2) is 62.2 Å². The first kappa shape index (κ1) is 30.8. The summed E-state index contributed by atoms with van der Waals surface area (Å²) < 4.78 is 11.8. The first-order valence-corrected chi connectivity index (χ1v) is 16.9. The summed E-state index contributed by atoms with van der Waals surface area (Å²) in [4.78, 5) is 23.1. The second-order valence-electron chi connectivity index (χ2n) is 12.6. The zero-order valence-electron chi connectivity index (χ0n) is 27.6. The van der Waals surface area contributed by atoms with Gasteiger partial charge in [-0.1, -0.05) is 78.9 Å². The Morgan fingerprint density at radius 1 is 0.735 bits per heavy atom. The minimum absolute atomic E-state index is 0.125. The van der Waals surface area contributed by atoms with E-state index in [0.29, 0.717) is 30.3 Å². The van der Waals surface area contributed by atoms with Crippen molar-refractivity contribution in [1.82, 2.24) is 15.2 Å². The number of hydrogen-bond donors (Lipinski definition) is 1. The Kier molecular flexibility index (Phi) is 8.52. The zero-order chi connectivity index (χ0) is 33.2. The van der Waals surface area contributed by atoms with Crippen molar-refractivity contribution in [2.24, 2.45) is 0 Å². The van der Waals surface area contributed by atoms with Gasteiger partial charge in [0.05, 0.1) is 19.3 Å². The number of rotatable bonds is 9. The number of hydrogen-bond acceptors (Lipinski definition) is 6. The molecule has 2 aliphatic rings. The van der Waals surface area contributed by atoms with Crippen LogP contribution in [0, 0.1) is 0 Å². The molecule has 3 heterocycles. The highest BCUT2D eigenvalue weighted by atomic mass is 16.5. The van der Waals surface area contributed by atoms with E-state index in [1.807, 2.05) is 36.4 Å². The lowest BCUT2D eigenvalue weighted by molar-refractivity contribution is 0.0992. The summed E-state index contributed by atoms with van der Waals surface area (Å²) in [5, 5.41) is 5.77. The Balaban J connectivity index is 1.09. The molecule has 244 valence electrons. The average Bonchev–Trinajstić information content (AvgIpc) is 3.50. The zero-order valence-corrected chi connectivity index (χ0v) is 27.6. The average molecular weight is 647 g/mol. The predicted molar refractivity (Wildman–Crippen MR) is 196 cm³/mol. The van der Waals surface area contributed by atoms with E-state index in [0.717, 1.165) is 77.5 Å². The van der Waals surface area contributed by atoms with Crippen molar-refractivity contribution in [2.75, 3.05) is 51.3 Å². The van der Waals surface area contributed by atoms with Gasteiger partial charge in [0.25, 0.3) is 5.91 Å². The molecule has 0 saturated carbocycles. The Bertz CT molecular complexity index is 2140. The summed E-state index contributed by atoms with van der Waals surface area (Å²) in [6.07, 6.45) is 0. The molecule has 1 fully saturated rings. The number of pyridine rings is 1. The molecular formula is C42H38N4O3. The van der Waals surface area contributed by atoms with E-state index in [9.17, 15) is 4.79 Å². The molecule has 0 unspecified atom stereocenters. The van der Waals surface area contributed by atoms with Gasteiger partial charge in [0.2, 0.25) is 0 Å². The van der Waals surface area contributed by atoms with E-state index in [4.69, 9.17) is 14.5 Å². The molecule has 0 atom stereocenters. The standard InChI is InChI=1S/C42H38N4O3/c1-48-40-27-35(15-17-39(40)49-23-22-45-20-18-43-19-21-45)46-28-31-14-16-38(44-41(31)42(46)47)34-25-32(29-8-3-2-4-9-29)24-33(26-34)37-13-7-11-30-10-5-6-12-36(30)37/h2-17,24-27,43H,18-23,28H2,1H3. The van der Waals surface area contributed by atoms with Gasteiger partial charge in [0, 0.05) is 55.6 Å². The molecule has 7 heteroatoms. The topological polar surface area (TPSA) is 66.9 Å². The van der Waals surface area contributed by atoms with Crippen LogP contribution < -0.4 is 19.7 Å². The lowest BCUT2D eigenvalue weighted by Crippen LogP contribution is -2.44. The molecule has 0 radical (unpaired) electrons. The van der Waals surface area contributed by atoms with Gasteiger partial charge in [-0.2, -0.15) is 0 Å². The second-order valence-corrected chi connectivity index (χ2v) is 12.6. The lowest BCUT2D eigenvalue weighted by atomic mass is 9.92. The number of aromatic nitrogens is 1. The molecule has 1 amide bonds. The van der Waals surface area contributed by atoms with Crippen LogP contribution in [-0.2, 0) is 6.54 Å². The van der Waals surface area contributed by atoms with Crippen LogP contribution in [0.1, 0.15) is 16.1 Å². The smallest absolute Gasteiger partial charge is 0.277 e. The molecule has 0 aliphatic carbocycles. The van der Waals surface area contributed by atoms with E-state index in [2.05, 4.69) is 95.1 Å².